The van der Waals surface area contributed by atoms with E-state index in [1.807, 2.05) is 42.5 Å². The normalized spacial score (nSPS) is 12.4. The molecule has 4 rings (SSSR count). The molecular weight excluding hydrogens is 330 g/mol. The van der Waals surface area contributed by atoms with Crippen LogP contribution in [0.15, 0.2) is 59.3 Å². The van der Waals surface area contributed by atoms with Crippen molar-refractivity contribution in [3.63, 3.8) is 0 Å². The summed E-state index contributed by atoms with van der Waals surface area (Å²) >= 11 is 1.67. The van der Waals surface area contributed by atoms with E-state index in [1.54, 1.807) is 11.3 Å². The van der Waals surface area contributed by atoms with Crippen LogP contribution in [0.1, 0.15) is 20.3 Å². The van der Waals surface area contributed by atoms with Gasteiger partial charge in [-0.1, -0.05) is 48.6 Å². The van der Waals surface area contributed by atoms with Crippen molar-refractivity contribution in [1.82, 2.24) is 9.97 Å². The Labute approximate surface area is 150 Å². The standard InChI is InChI=1S/C20H19N3OS/c1-3-13(2)22-20-23-16-10-9-15(11-17(16)25-20)19-18(21-12-24-19)14-7-5-4-6-8-14/h4-13H,3H2,1-2H3,(H,22,23)/t13-/m0/s1. The summed E-state index contributed by atoms with van der Waals surface area (Å²) in [6.45, 7) is 4.33. The van der Waals surface area contributed by atoms with Gasteiger partial charge in [0.15, 0.2) is 17.3 Å². The Kier molecular flexibility index (Phi) is 4.24. The molecule has 2 aromatic heterocycles. The number of nitrogens with one attached hydrogen (secondary N) is 1. The second-order valence-corrected chi connectivity index (χ2v) is 7.08. The minimum atomic E-state index is 0.416. The molecule has 0 bridgehead atoms. The minimum absolute atomic E-state index is 0.416. The van der Waals surface area contributed by atoms with Gasteiger partial charge in [-0.3, -0.25) is 0 Å². The molecule has 1 atom stereocenters. The van der Waals surface area contributed by atoms with Gasteiger partial charge < -0.3 is 9.73 Å². The summed E-state index contributed by atoms with van der Waals surface area (Å²) in [6, 6.07) is 16.7. The van der Waals surface area contributed by atoms with Crippen LogP contribution >= 0.6 is 11.3 Å². The fourth-order valence-electron chi connectivity index (χ4n) is 2.69. The van der Waals surface area contributed by atoms with E-state index in [2.05, 4.69) is 35.2 Å². The largest absolute Gasteiger partial charge is 0.443 e. The van der Waals surface area contributed by atoms with Gasteiger partial charge in [-0.25, -0.2) is 9.97 Å². The Bertz CT molecular complexity index is 991. The van der Waals surface area contributed by atoms with Crippen molar-refractivity contribution in [2.24, 2.45) is 0 Å². The Morgan fingerprint density at radius 3 is 2.76 bits per heavy atom. The molecule has 0 aliphatic rings. The van der Waals surface area contributed by atoms with Gasteiger partial charge in [0.05, 0.1) is 10.2 Å². The molecule has 5 heteroatoms. The predicted octanol–water partition coefficient (Wildman–Crippen LogP) is 5.83. The van der Waals surface area contributed by atoms with Crippen molar-refractivity contribution in [1.29, 1.82) is 0 Å². The van der Waals surface area contributed by atoms with Crippen molar-refractivity contribution in [2.75, 3.05) is 5.32 Å². The molecule has 0 amide bonds. The molecule has 126 valence electrons. The first-order valence-corrected chi connectivity index (χ1v) is 9.22. The molecule has 4 nitrogen and oxygen atoms in total. The van der Waals surface area contributed by atoms with Crippen molar-refractivity contribution >= 4 is 26.7 Å². The van der Waals surface area contributed by atoms with Gasteiger partial charge in [0, 0.05) is 17.2 Å². The average Bonchev–Trinajstić information content (AvgIpc) is 3.28. The van der Waals surface area contributed by atoms with Crippen LogP contribution in [0.2, 0.25) is 0 Å². The molecule has 2 heterocycles. The van der Waals surface area contributed by atoms with E-state index in [0.717, 1.165) is 44.4 Å². The quantitative estimate of drug-likeness (QED) is 0.492. The van der Waals surface area contributed by atoms with Crippen LogP contribution < -0.4 is 5.32 Å². The summed E-state index contributed by atoms with van der Waals surface area (Å²) in [7, 11) is 0. The van der Waals surface area contributed by atoms with Crippen molar-refractivity contribution in [2.45, 2.75) is 26.3 Å². The summed E-state index contributed by atoms with van der Waals surface area (Å²) in [6.07, 6.45) is 2.57. The molecule has 0 fully saturated rings. The Hall–Kier alpha value is -2.66. The number of rotatable bonds is 5. The van der Waals surface area contributed by atoms with E-state index < -0.39 is 0 Å². The number of fused-ring (bicyclic) bond motifs is 1. The summed E-state index contributed by atoms with van der Waals surface area (Å²) < 4.78 is 6.84. The molecule has 0 radical (unpaired) electrons. The third-order valence-corrected chi connectivity index (χ3v) is 5.20. The smallest absolute Gasteiger partial charge is 0.183 e. The third kappa shape index (κ3) is 3.15. The number of hydrogen-bond donors (Lipinski definition) is 1. The lowest BCUT2D eigenvalue weighted by atomic mass is 10.1. The Morgan fingerprint density at radius 2 is 1.96 bits per heavy atom. The van der Waals surface area contributed by atoms with Gasteiger partial charge in [-0.2, -0.15) is 0 Å². The maximum absolute atomic E-state index is 5.70. The van der Waals surface area contributed by atoms with Gasteiger partial charge >= 0.3 is 0 Å². The van der Waals surface area contributed by atoms with Gasteiger partial charge in [0.25, 0.3) is 0 Å². The van der Waals surface area contributed by atoms with Crippen LogP contribution in [0.4, 0.5) is 5.13 Å². The Morgan fingerprint density at radius 1 is 1.12 bits per heavy atom. The van der Waals surface area contributed by atoms with E-state index >= 15 is 0 Å². The lowest BCUT2D eigenvalue weighted by Crippen LogP contribution is -2.12. The summed E-state index contributed by atoms with van der Waals surface area (Å²) in [4.78, 5) is 9.07. The number of nitrogens with zero attached hydrogens (tertiary/aromatic N) is 2. The molecule has 1 N–H and O–H groups in total. The first-order valence-electron chi connectivity index (χ1n) is 8.41. The lowest BCUT2D eigenvalue weighted by molar-refractivity contribution is 0.572. The SMILES string of the molecule is CC[C@H](C)Nc1nc2ccc(-c3ocnc3-c3ccccc3)cc2s1. The number of oxazole rings is 1. The summed E-state index contributed by atoms with van der Waals surface area (Å²) in [5.74, 6) is 0.790. The zero-order chi connectivity index (χ0) is 17.2. The van der Waals surface area contributed by atoms with Crippen LogP contribution in [-0.2, 0) is 0 Å². The second-order valence-electron chi connectivity index (χ2n) is 6.05. The Balaban J connectivity index is 1.72. The highest BCUT2D eigenvalue weighted by Gasteiger charge is 2.14. The first-order chi connectivity index (χ1) is 12.2. The van der Waals surface area contributed by atoms with Crippen molar-refractivity contribution in [3.05, 3.63) is 54.9 Å². The highest BCUT2D eigenvalue weighted by atomic mass is 32.1. The zero-order valence-corrected chi connectivity index (χ0v) is 15.0. The van der Waals surface area contributed by atoms with Crippen molar-refractivity contribution < 1.29 is 4.42 Å². The van der Waals surface area contributed by atoms with Crippen LogP contribution in [0, 0.1) is 0 Å². The monoisotopic (exact) mass is 349 g/mol. The number of thiazole rings is 1. The average molecular weight is 349 g/mol. The maximum Gasteiger partial charge on any atom is 0.183 e. The molecule has 0 aliphatic carbocycles. The molecule has 4 aromatic rings. The van der Waals surface area contributed by atoms with Crippen LogP contribution in [0.25, 0.3) is 32.8 Å². The van der Waals surface area contributed by atoms with E-state index in [9.17, 15) is 0 Å². The van der Waals surface area contributed by atoms with Crippen molar-refractivity contribution in [3.8, 4) is 22.6 Å². The van der Waals surface area contributed by atoms with Gasteiger partial charge in [0.2, 0.25) is 0 Å². The topological polar surface area (TPSA) is 51.0 Å². The first kappa shape index (κ1) is 15.8. The third-order valence-electron chi connectivity index (χ3n) is 4.25. The fourth-order valence-corrected chi connectivity index (χ4v) is 3.71. The molecule has 0 unspecified atom stereocenters. The molecule has 0 saturated heterocycles. The number of anilines is 1. The highest BCUT2D eigenvalue weighted by molar-refractivity contribution is 7.22. The van der Waals surface area contributed by atoms with Crippen LogP contribution in [-0.4, -0.2) is 16.0 Å². The van der Waals surface area contributed by atoms with Crippen LogP contribution in [0.5, 0.6) is 0 Å². The van der Waals surface area contributed by atoms with Gasteiger partial charge in [-0.15, -0.1) is 0 Å². The summed E-state index contributed by atoms with van der Waals surface area (Å²) in [5, 5.41) is 4.40. The van der Waals surface area contributed by atoms with Gasteiger partial charge in [-0.05, 0) is 31.5 Å². The molecule has 0 saturated carbocycles. The lowest BCUT2D eigenvalue weighted by Gasteiger charge is -2.08. The molecule has 0 spiro atoms. The van der Waals surface area contributed by atoms with Crippen LogP contribution in [0.3, 0.4) is 0 Å². The second kappa shape index (κ2) is 6.69. The molecular formula is C20H19N3OS. The van der Waals surface area contributed by atoms with Gasteiger partial charge in [0.1, 0.15) is 5.69 Å². The van der Waals surface area contributed by atoms with E-state index in [4.69, 9.17) is 4.42 Å². The van der Waals surface area contributed by atoms with E-state index in [-0.39, 0.29) is 0 Å². The van der Waals surface area contributed by atoms with E-state index in [0.29, 0.717) is 6.04 Å². The number of hydrogen-bond acceptors (Lipinski definition) is 5. The molecule has 2 aromatic carbocycles. The number of benzene rings is 2. The number of aromatic nitrogens is 2. The summed E-state index contributed by atoms with van der Waals surface area (Å²) in [5.41, 5.74) is 3.93. The minimum Gasteiger partial charge on any atom is -0.443 e. The molecule has 0 aliphatic heterocycles. The predicted molar refractivity (Wildman–Crippen MR) is 104 cm³/mol. The molecule has 25 heavy (non-hydrogen) atoms. The fraction of sp³-hybridized carbons (Fsp3) is 0.200. The van der Waals surface area contributed by atoms with E-state index in [1.165, 1.54) is 6.39 Å². The zero-order valence-electron chi connectivity index (χ0n) is 14.2. The maximum atomic E-state index is 5.70. The highest BCUT2D eigenvalue weighted by Crippen LogP contribution is 2.35.